The van der Waals surface area contributed by atoms with Crippen LogP contribution in [0.25, 0.3) is 6.08 Å². The molecule has 0 aliphatic carbocycles. The van der Waals surface area contributed by atoms with Gasteiger partial charge in [-0.1, -0.05) is 18.2 Å². The number of aromatic nitrogens is 1. The van der Waals surface area contributed by atoms with Gasteiger partial charge in [0.25, 0.3) is 0 Å². The van der Waals surface area contributed by atoms with Gasteiger partial charge in [0.05, 0.1) is 12.0 Å². The summed E-state index contributed by atoms with van der Waals surface area (Å²) in [5.74, 6) is -0.545. The Bertz CT molecular complexity index is 903. The molecule has 0 amide bonds. The number of ether oxygens (including phenoxy) is 1. The van der Waals surface area contributed by atoms with Crippen LogP contribution in [0.4, 0.5) is 0 Å². The molecular weight excluding hydrogens is 316 g/mol. The minimum atomic E-state index is -3.90. The highest BCUT2D eigenvalue weighted by Crippen LogP contribution is 2.21. The fourth-order valence-corrected chi connectivity index (χ4v) is 3.21. The number of methoxy groups -OCH3 is 1. The van der Waals surface area contributed by atoms with E-state index in [2.05, 4.69) is 4.74 Å². The number of esters is 1. The average molecular weight is 330 g/mol. The lowest BCUT2D eigenvalue weighted by atomic mass is 10.3. The van der Waals surface area contributed by atoms with Crippen LogP contribution in [0.15, 0.2) is 52.4 Å². The summed E-state index contributed by atoms with van der Waals surface area (Å²) in [6.07, 6.45) is 2.78. The van der Waals surface area contributed by atoms with Crippen LogP contribution in [0, 0.1) is 11.3 Å². The molecule has 0 saturated heterocycles. The molecule has 7 heteroatoms. The highest BCUT2D eigenvalue weighted by atomic mass is 32.2. The van der Waals surface area contributed by atoms with Crippen molar-refractivity contribution in [3.63, 3.8) is 0 Å². The molecule has 0 unspecified atom stereocenters. The molecule has 0 atom stereocenters. The molecule has 23 heavy (non-hydrogen) atoms. The highest BCUT2D eigenvalue weighted by Gasteiger charge is 2.21. The van der Waals surface area contributed by atoms with Crippen LogP contribution in [0.1, 0.15) is 16.1 Å². The Balaban J connectivity index is 2.49. The van der Waals surface area contributed by atoms with Gasteiger partial charge in [0.1, 0.15) is 16.7 Å². The van der Waals surface area contributed by atoms with Gasteiger partial charge < -0.3 is 9.30 Å². The number of carbonyl (C=O) groups is 1. The lowest BCUT2D eigenvalue weighted by Crippen LogP contribution is -2.06. The summed E-state index contributed by atoms with van der Waals surface area (Å²) in [6.45, 7) is 0. The van der Waals surface area contributed by atoms with Crippen LogP contribution in [-0.2, 0) is 21.6 Å². The Morgan fingerprint density at radius 3 is 2.52 bits per heavy atom. The molecule has 0 radical (unpaired) electrons. The predicted octanol–water partition coefficient (Wildman–Crippen LogP) is 2.15. The van der Waals surface area contributed by atoms with Crippen LogP contribution >= 0.6 is 0 Å². The second kappa shape index (κ2) is 6.50. The Morgan fingerprint density at radius 1 is 1.30 bits per heavy atom. The third-order valence-electron chi connectivity index (χ3n) is 3.17. The number of rotatable bonds is 4. The smallest absolute Gasteiger partial charge is 0.354 e. The van der Waals surface area contributed by atoms with E-state index in [-0.39, 0.29) is 10.6 Å². The molecule has 0 bridgehead atoms. The molecule has 2 rings (SSSR count). The first-order valence-corrected chi connectivity index (χ1v) is 8.05. The van der Waals surface area contributed by atoms with Gasteiger partial charge in [-0.3, -0.25) is 0 Å². The molecule has 1 heterocycles. The molecule has 0 aliphatic rings. The van der Waals surface area contributed by atoms with Crippen LogP contribution in [0.5, 0.6) is 0 Å². The minimum absolute atomic E-state index is 0.0388. The SMILES string of the molecule is COC(=O)c1cc(/C=C(\C#N)S(=O)(=O)c2ccccc2)cn1C. The zero-order chi connectivity index (χ0) is 17.0. The zero-order valence-electron chi connectivity index (χ0n) is 12.6. The molecule has 1 aromatic heterocycles. The predicted molar refractivity (Wildman–Crippen MR) is 84.0 cm³/mol. The van der Waals surface area contributed by atoms with Crippen molar-refractivity contribution < 1.29 is 17.9 Å². The van der Waals surface area contributed by atoms with E-state index in [4.69, 9.17) is 0 Å². The van der Waals surface area contributed by atoms with Crippen molar-refractivity contribution in [3.8, 4) is 6.07 Å². The van der Waals surface area contributed by atoms with Crippen LogP contribution in [-0.4, -0.2) is 26.1 Å². The van der Waals surface area contributed by atoms with E-state index in [0.29, 0.717) is 5.56 Å². The first kappa shape index (κ1) is 16.5. The van der Waals surface area contributed by atoms with Crippen molar-refractivity contribution in [3.05, 3.63) is 58.8 Å². The minimum Gasteiger partial charge on any atom is -0.464 e. The number of aryl methyl sites for hydroxylation is 1. The van der Waals surface area contributed by atoms with E-state index < -0.39 is 20.7 Å². The highest BCUT2D eigenvalue weighted by molar-refractivity contribution is 7.95. The zero-order valence-corrected chi connectivity index (χ0v) is 13.4. The van der Waals surface area contributed by atoms with Gasteiger partial charge >= 0.3 is 5.97 Å². The van der Waals surface area contributed by atoms with Gasteiger partial charge in [-0.2, -0.15) is 5.26 Å². The van der Waals surface area contributed by atoms with Crippen molar-refractivity contribution in [1.29, 1.82) is 5.26 Å². The quantitative estimate of drug-likeness (QED) is 0.633. The van der Waals surface area contributed by atoms with Crippen LogP contribution in [0.3, 0.4) is 0 Å². The summed E-state index contributed by atoms with van der Waals surface area (Å²) in [5.41, 5.74) is 0.678. The Hall–Kier alpha value is -2.85. The van der Waals surface area contributed by atoms with Gasteiger partial charge in [0.15, 0.2) is 0 Å². The van der Waals surface area contributed by atoms with Crippen LogP contribution < -0.4 is 0 Å². The van der Waals surface area contributed by atoms with Crippen molar-refractivity contribution in [2.24, 2.45) is 7.05 Å². The van der Waals surface area contributed by atoms with Gasteiger partial charge in [-0.05, 0) is 29.8 Å². The van der Waals surface area contributed by atoms with E-state index in [1.807, 2.05) is 0 Å². The number of benzene rings is 1. The number of sulfone groups is 1. The molecule has 0 N–H and O–H groups in total. The topological polar surface area (TPSA) is 89.2 Å². The summed E-state index contributed by atoms with van der Waals surface area (Å²) in [6, 6.07) is 10.9. The molecule has 1 aromatic carbocycles. The summed E-state index contributed by atoms with van der Waals surface area (Å²) >= 11 is 0. The molecule has 6 nitrogen and oxygen atoms in total. The van der Waals surface area contributed by atoms with E-state index in [0.717, 1.165) is 0 Å². The Morgan fingerprint density at radius 2 is 1.96 bits per heavy atom. The molecule has 0 fully saturated rings. The molecule has 118 valence electrons. The number of nitriles is 1. The van der Waals surface area contributed by atoms with Crippen molar-refractivity contribution in [2.75, 3.05) is 7.11 Å². The number of hydrogen-bond donors (Lipinski definition) is 0. The second-order valence-electron chi connectivity index (χ2n) is 4.70. The van der Waals surface area contributed by atoms with E-state index >= 15 is 0 Å². The number of nitrogens with zero attached hydrogens (tertiary/aromatic N) is 2. The maximum absolute atomic E-state index is 12.5. The molecule has 2 aromatic rings. The lowest BCUT2D eigenvalue weighted by Gasteiger charge is -2.01. The average Bonchev–Trinajstić information content (AvgIpc) is 2.93. The standard InChI is InChI=1S/C16H14N2O4S/c1-18-11-12(9-15(18)16(19)22-2)8-14(10-17)23(20,21)13-6-4-3-5-7-13/h3-9,11H,1-2H3/b14-8+. The molecular formula is C16H14N2O4S. The second-order valence-corrected chi connectivity index (χ2v) is 6.62. The van der Waals surface area contributed by atoms with Gasteiger partial charge in [-0.15, -0.1) is 0 Å². The van der Waals surface area contributed by atoms with Crippen molar-refractivity contribution in [2.45, 2.75) is 4.90 Å². The summed E-state index contributed by atoms with van der Waals surface area (Å²) in [5, 5.41) is 9.22. The van der Waals surface area contributed by atoms with E-state index in [1.54, 1.807) is 37.5 Å². The number of hydrogen-bond acceptors (Lipinski definition) is 5. The van der Waals surface area contributed by atoms with Crippen molar-refractivity contribution >= 4 is 21.9 Å². The molecule has 0 spiro atoms. The van der Waals surface area contributed by atoms with E-state index in [1.165, 1.54) is 36.0 Å². The fraction of sp³-hybridized carbons (Fsp3) is 0.125. The van der Waals surface area contributed by atoms with Gasteiger partial charge in [0.2, 0.25) is 9.84 Å². The third-order valence-corrected chi connectivity index (χ3v) is 4.85. The molecule has 0 saturated carbocycles. The summed E-state index contributed by atoms with van der Waals surface area (Å²) < 4.78 is 31.1. The largest absolute Gasteiger partial charge is 0.464 e. The first-order valence-electron chi connectivity index (χ1n) is 6.56. The summed E-state index contributed by atoms with van der Waals surface area (Å²) in [7, 11) is -1.02. The van der Waals surface area contributed by atoms with E-state index in [9.17, 15) is 18.5 Å². The molecule has 0 aliphatic heterocycles. The van der Waals surface area contributed by atoms with Gasteiger partial charge in [0, 0.05) is 13.2 Å². The maximum Gasteiger partial charge on any atom is 0.354 e. The maximum atomic E-state index is 12.5. The Labute approximate surface area is 134 Å². The Kier molecular flexibility index (Phi) is 4.67. The lowest BCUT2D eigenvalue weighted by molar-refractivity contribution is 0.0590. The first-order chi connectivity index (χ1) is 10.9. The van der Waals surface area contributed by atoms with Gasteiger partial charge in [-0.25, -0.2) is 13.2 Å². The summed E-state index contributed by atoms with van der Waals surface area (Å²) in [4.78, 5) is 11.2. The number of allylic oxidation sites excluding steroid dienone is 1. The van der Waals surface area contributed by atoms with Crippen LogP contribution in [0.2, 0.25) is 0 Å². The number of carbonyl (C=O) groups excluding carboxylic acids is 1. The third kappa shape index (κ3) is 3.33. The fourth-order valence-electron chi connectivity index (χ4n) is 2.02. The normalized spacial score (nSPS) is 11.8. The monoisotopic (exact) mass is 330 g/mol. The van der Waals surface area contributed by atoms with Crippen molar-refractivity contribution in [1.82, 2.24) is 4.57 Å².